The van der Waals surface area contributed by atoms with Gasteiger partial charge in [-0.05, 0) is 67.1 Å². The fraction of sp³-hybridized carbons (Fsp3) is 0.562. The van der Waals surface area contributed by atoms with Crippen LogP contribution >= 0.6 is 0 Å². The van der Waals surface area contributed by atoms with E-state index in [1.807, 2.05) is 12.1 Å². The summed E-state index contributed by atoms with van der Waals surface area (Å²) in [6, 6.07) is 6.89. The molecule has 0 unspecified atom stereocenters. The Kier molecular flexibility index (Phi) is 2.88. The summed E-state index contributed by atoms with van der Waals surface area (Å²) in [6.07, 6.45) is 6.44. The number of aliphatic carboxylic acids is 1. The van der Waals surface area contributed by atoms with Gasteiger partial charge in [0.2, 0.25) is 0 Å². The van der Waals surface area contributed by atoms with E-state index in [0.717, 1.165) is 38.5 Å². The second kappa shape index (κ2) is 4.32. The van der Waals surface area contributed by atoms with Gasteiger partial charge in [0.1, 0.15) is 5.82 Å². The molecule has 3 fully saturated rings. The van der Waals surface area contributed by atoms with Crippen LogP contribution in [0.25, 0.3) is 0 Å². The third kappa shape index (κ3) is 2.15. The van der Waals surface area contributed by atoms with Gasteiger partial charge in [0.25, 0.3) is 0 Å². The highest BCUT2D eigenvalue weighted by atomic mass is 19.1. The molecule has 102 valence electrons. The third-order valence-corrected chi connectivity index (χ3v) is 5.38. The Bertz CT molecular complexity index is 467. The van der Waals surface area contributed by atoms with E-state index in [4.69, 9.17) is 5.11 Å². The van der Waals surface area contributed by atoms with Gasteiger partial charge in [-0.3, -0.25) is 4.79 Å². The van der Waals surface area contributed by atoms with Crippen LogP contribution in [0.4, 0.5) is 4.39 Å². The molecule has 2 bridgehead atoms. The van der Waals surface area contributed by atoms with E-state index in [1.165, 1.54) is 17.7 Å². The Hall–Kier alpha value is -1.38. The van der Waals surface area contributed by atoms with Crippen LogP contribution in [0.1, 0.15) is 50.5 Å². The zero-order valence-electron chi connectivity index (χ0n) is 11.0. The summed E-state index contributed by atoms with van der Waals surface area (Å²) < 4.78 is 13.0. The summed E-state index contributed by atoms with van der Waals surface area (Å²) in [4.78, 5) is 11.0. The minimum atomic E-state index is -0.670. The molecule has 0 heterocycles. The SMILES string of the molecule is O=C(O)CC12CCC(c3ccc(F)cc3)(CC1)CC2. The van der Waals surface area contributed by atoms with E-state index in [1.54, 1.807) is 0 Å². The smallest absolute Gasteiger partial charge is 0.303 e. The van der Waals surface area contributed by atoms with Crippen LogP contribution in [0, 0.1) is 11.2 Å². The summed E-state index contributed by atoms with van der Waals surface area (Å²) in [5.41, 5.74) is 1.44. The molecule has 0 aromatic heterocycles. The Morgan fingerprint density at radius 2 is 1.58 bits per heavy atom. The van der Waals surface area contributed by atoms with E-state index in [9.17, 15) is 9.18 Å². The van der Waals surface area contributed by atoms with Crippen molar-refractivity contribution in [3.05, 3.63) is 35.6 Å². The van der Waals surface area contributed by atoms with Gasteiger partial charge >= 0.3 is 5.97 Å². The van der Waals surface area contributed by atoms with Gasteiger partial charge in [-0.25, -0.2) is 4.39 Å². The summed E-state index contributed by atoms with van der Waals surface area (Å²) in [5.74, 6) is -0.858. The monoisotopic (exact) mass is 262 g/mol. The lowest BCUT2D eigenvalue weighted by molar-refractivity contribution is -0.142. The normalized spacial score (nSPS) is 33.3. The zero-order valence-corrected chi connectivity index (χ0v) is 11.0. The molecule has 1 aromatic carbocycles. The first-order valence-electron chi connectivity index (χ1n) is 7.02. The van der Waals surface area contributed by atoms with Gasteiger partial charge in [0.05, 0.1) is 6.42 Å². The zero-order chi connectivity index (χ0) is 13.5. The van der Waals surface area contributed by atoms with Crippen LogP contribution in [-0.2, 0) is 10.2 Å². The molecule has 19 heavy (non-hydrogen) atoms. The first kappa shape index (κ1) is 12.6. The number of hydrogen-bond acceptors (Lipinski definition) is 1. The Morgan fingerprint density at radius 1 is 1.05 bits per heavy atom. The van der Waals surface area contributed by atoms with E-state index < -0.39 is 5.97 Å². The van der Waals surface area contributed by atoms with Crippen LogP contribution in [0.15, 0.2) is 24.3 Å². The molecule has 3 heteroatoms. The van der Waals surface area contributed by atoms with Gasteiger partial charge in [-0.1, -0.05) is 12.1 Å². The summed E-state index contributed by atoms with van der Waals surface area (Å²) >= 11 is 0. The van der Waals surface area contributed by atoms with Crippen molar-refractivity contribution in [2.24, 2.45) is 5.41 Å². The molecule has 3 aliphatic rings. The molecule has 4 rings (SSSR count). The number of benzene rings is 1. The maximum Gasteiger partial charge on any atom is 0.303 e. The number of rotatable bonds is 3. The lowest BCUT2D eigenvalue weighted by atomic mass is 9.51. The largest absolute Gasteiger partial charge is 0.481 e. The molecule has 2 nitrogen and oxygen atoms in total. The lowest BCUT2D eigenvalue weighted by Crippen LogP contribution is -2.45. The van der Waals surface area contributed by atoms with Crippen molar-refractivity contribution in [1.29, 1.82) is 0 Å². The maximum absolute atomic E-state index is 13.0. The van der Waals surface area contributed by atoms with E-state index in [2.05, 4.69) is 0 Å². The number of carbonyl (C=O) groups is 1. The van der Waals surface area contributed by atoms with Gasteiger partial charge in [-0.15, -0.1) is 0 Å². The quantitative estimate of drug-likeness (QED) is 0.897. The minimum Gasteiger partial charge on any atom is -0.481 e. The van der Waals surface area contributed by atoms with Gasteiger partial charge < -0.3 is 5.11 Å². The number of halogens is 1. The molecule has 3 saturated carbocycles. The van der Waals surface area contributed by atoms with Crippen LogP contribution in [0.3, 0.4) is 0 Å². The number of carboxylic acid groups (broad SMARTS) is 1. The summed E-state index contributed by atoms with van der Waals surface area (Å²) in [5, 5.41) is 9.05. The Morgan fingerprint density at radius 3 is 2.05 bits per heavy atom. The fourth-order valence-corrected chi connectivity index (χ4v) is 4.09. The van der Waals surface area contributed by atoms with Crippen molar-refractivity contribution in [3.8, 4) is 0 Å². The molecule has 0 aliphatic heterocycles. The van der Waals surface area contributed by atoms with Gasteiger partial charge in [0.15, 0.2) is 0 Å². The second-order valence-electron chi connectivity index (χ2n) is 6.36. The molecular formula is C16H19FO2. The predicted molar refractivity (Wildman–Crippen MR) is 70.5 cm³/mol. The average Bonchev–Trinajstić information content (AvgIpc) is 2.40. The molecule has 1 aromatic rings. The Labute approximate surface area is 112 Å². The average molecular weight is 262 g/mol. The van der Waals surface area contributed by atoms with Crippen molar-refractivity contribution in [3.63, 3.8) is 0 Å². The summed E-state index contributed by atoms with van der Waals surface area (Å²) in [6.45, 7) is 0. The van der Waals surface area contributed by atoms with Crippen molar-refractivity contribution < 1.29 is 14.3 Å². The summed E-state index contributed by atoms with van der Waals surface area (Å²) in [7, 11) is 0. The van der Waals surface area contributed by atoms with Gasteiger partial charge in [-0.2, -0.15) is 0 Å². The van der Waals surface area contributed by atoms with E-state index in [-0.39, 0.29) is 16.6 Å². The van der Waals surface area contributed by atoms with E-state index >= 15 is 0 Å². The predicted octanol–water partition coefficient (Wildman–Crippen LogP) is 3.89. The van der Waals surface area contributed by atoms with Crippen molar-refractivity contribution in [2.45, 2.75) is 50.4 Å². The molecule has 0 atom stereocenters. The fourth-order valence-electron chi connectivity index (χ4n) is 4.09. The van der Waals surface area contributed by atoms with Crippen molar-refractivity contribution in [2.75, 3.05) is 0 Å². The molecule has 0 amide bonds. The molecule has 0 saturated heterocycles. The van der Waals surface area contributed by atoms with Gasteiger partial charge in [0, 0.05) is 0 Å². The van der Waals surface area contributed by atoms with Crippen LogP contribution < -0.4 is 0 Å². The lowest BCUT2D eigenvalue weighted by Gasteiger charge is -2.53. The van der Waals surface area contributed by atoms with Crippen LogP contribution in [0.2, 0.25) is 0 Å². The number of fused-ring (bicyclic) bond motifs is 3. The standard InChI is InChI=1S/C16H19FO2/c17-13-3-1-12(2-4-13)16-8-5-15(6-9-16,7-10-16)11-14(18)19/h1-4H,5-11H2,(H,18,19). The highest BCUT2D eigenvalue weighted by Gasteiger charge is 2.49. The molecule has 0 spiro atoms. The minimum absolute atomic E-state index is 0.0353. The molecular weight excluding hydrogens is 243 g/mol. The number of carboxylic acids is 1. The molecule has 3 aliphatic carbocycles. The first-order chi connectivity index (χ1) is 9.04. The highest BCUT2D eigenvalue weighted by Crippen LogP contribution is 2.59. The first-order valence-corrected chi connectivity index (χ1v) is 7.02. The second-order valence-corrected chi connectivity index (χ2v) is 6.36. The van der Waals surface area contributed by atoms with Crippen molar-refractivity contribution >= 4 is 5.97 Å². The third-order valence-electron chi connectivity index (χ3n) is 5.38. The maximum atomic E-state index is 13.0. The number of hydrogen-bond donors (Lipinski definition) is 1. The van der Waals surface area contributed by atoms with Crippen LogP contribution in [-0.4, -0.2) is 11.1 Å². The molecule has 0 radical (unpaired) electrons. The van der Waals surface area contributed by atoms with E-state index in [0.29, 0.717) is 6.42 Å². The van der Waals surface area contributed by atoms with Crippen LogP contribution in [0.5, 0.6) is 0 Å². The molecule has 1 N–H and O–H groups in total. The van der Waals surface area contributed by atoms with Crippen molar-refractivity contribution in [1.82, 2.24) is 0 Å². The topological polar surface area (TPSA) is 37.3 Å². The highest BCUT2D eigenvalue weighted by molar-refractivity contribution is 5.67. The Balaban J connectivity index is 1.81.